The molecule has 0 saturated heterocycles. The third-order valence-electron chi connectivity index (χ3n) is 3.35. The van der Waals surface area contributed by atoms with Gasteiger partial charge in [-0.2, -0.15) is 0 Å². The highest BCUT2D eigenvalue weighted by molar-refractivity contribution is 6.02. The fraction of sp³-hybridized carbons (Fsp3) is 0.188. The van der Waals surface area contributed by atoms with Crippen LogP contribution in [-0.2, 0) is 20.9 Å². The SMILES string of the molecule is Cc1cc(NC(=O)COC(=O)c2ccccc2NC(=O)Cn2cnnn2)no1. The molecule has 0 bridgehead atoms. The quantitative estimate of drug-likeness (QED) is 0.550. The van der Waals surface area contributed by atoms with Crippen LogP contribution in [-0.4, -0.2) is 49.8 Å². The Morgan fingerprint density at radius 3 is 2.71 bits per heavy atom. The van der Waals surface area contributed by atoms with Crippen molar-refractivity contribution in [1.82, 2.24) is 25.4 Å². The molecule has 28 heavy (non-hydrogen) atoms. The van der Waals surface area contributed by atoms with Gasteiger partial charge in [0.25, 0.3) is 5.91 Å². The first kappa shape index (κ1) is 18.7. The summed E-state index contributed by atoms with van der Waals surface area (Å²) in [5, 5.41) is 19.1. The molecule has 0 saturated carbocycles. The highest BCUT2D eigenvalue weighted by atomic mass is 16.5. The summed E-state index contributed by atoms with van der Waals surface area (Å²) >= 11 is 0. The topological polar surface area (TPSA) is 154 Å². The van der Waals surface area contributed by atoms with Gasteiger partial charge in [0.05, 0.1) is 11.3 Å². The molecule has 0 aliphatic rings. The number of hydrogen-bond donors (Lipinski definition) is 2. The smallest absolute Gasteiger partial charge is 0.340 e. The Kier molecular flexibility index (Phi) is 5.69. The molecular weight excluding hydrogens is 370 g/mol. The molecule has 3 aromatic rings. The number of ether oxygens (including phenoxy) is 1. The van der Waals surface area contributed by atoms with E-state index in [4.69, 9.17) is 9.26 Å². The van der Waals surface area contributed by atoms with E-state index in [-0.39, 0.29) is 23.6 Å². The second kappa shape index (κ2) is 8.53. The number of esters is 1. The third kappa shape index (κ3) is 4.97. The van der Waals surface area contributed by atoms with Crippen LogP contribution >= 0.6 is 0 Å². The van der Waals surface area contributed by atoms with Gasteiger partial charge in [-0.3, -0.25) is 9.59 Å². The summed E-state index contributed by atoms with van der Waals surface area (Å²) in [6.07, 6.45) is 1.29. The molecule has 12 heteroatoms. The Morgan fingerprint density at radius 1 is 1.18 bits per heavy atom. The van der Waals surface area contributed by atoms with Crippen molar-refractivity contribution in [2.45, 2.75) is 13.5 Å². The Labute approximate surface area is 157 Å². The van der Waals surface area contributed by atoms with Crippen LogP contribution in [0.2, 0.25) is 0 Å². The second-order valence-electron chi connectivity index (χ2n) is 5.55. The Balaban J connectivity index is 1.57. The maximum absolute atomic E-state index is 12.3. The Bertz CT molecular complexity index is 983. The summed E-state index contributed by atoms with van der Waals surface area (Å²) in [5.74, 6) is -1.05. The minimum atomic E-state index is -0.773. The van der Waals surface area contributed by atoms with Gasteiger partial charge in [0.2, 0.25) is 5.91 Å². The van der Waals surface area contributed by atoms with Gasteiger partial charge in [0, 0.05) is 6.07 Å². The lowest BCUT2D eigenvalue weighted by Crippen LogP contribution is -2.23. The standard InChI is InChI=1S/C16H15N7O5/c1-10-6-13(20-28-10)19-15(25)8-27-16(26)11-4-2-3-5-12(11)18-14(24)7-23-9-17-21-22-23/h2-6,9H,7-8H2,1H3,(H,18,24)(H,19,20,25). The molecule has 2 amide bonds. The molecule has 0 fully saturated rings. The van der Waals surface area contributed by atoms with Gasteiger partial charge >= 0.3 is 5.97 Å². The third-order valence-corrected chi connectivity index (χ3v) is 3.35. The largest absolute Gasteiger partial charge is 0.452 e. The minimum absolute atomic E-state index is 0.0950. The van der Waals surface area contributed by atoms with E-state index in [1.54, 1.807) is 19.1 Å². The first-order chi connectivity index (χ1) is 13.5. The Morgan fingerprint density at radius 2 is 2.00 bits per heavy atom. The summed E-state index contributed by atoms with van der Waals surface area (Å²) in [7, 11) is 0. The normalized spacial score (nSPS) is 10.3. The van der Waals surface area contributed by atoms with Gasteiger partial charge in [-0.05, 0) is 29.5 Å². The Hall–Kier alpha value is -4.09. The van der Waals surface area contributed by atoms with Crippen LogP contribution in [0, 0.1) is 6.92 Å². The zero-order valence-corrected chi connectivity index (χ0v) is 14.7. The number of tetrazole rings is 1. The number of rotatable bonds is 7. The lowest BCUT2D eigenvalue weighted by Gasteiger charge is -2.10. The van der Waals surface area contributed by atoms with E-state index in [9.17, 15) is 14.4 Å². The van der Waals surface area contributed by atoms with Crippen molar-refractivity contribution >= 4 is 29.3 Å². The van der Waals surface area contributed by atoms with Crippen molar-refractivity contribution < 1.29 is 23.6 Å². The van der Waals surface area contributed by atoms with Crippen molar-refractivity contribution in [3.8, 4) is 0 Å². The van der Waals surface area contributed by atoms with Crippen LogP contribution in [0.1, 0.15) is 16.1 Å². The minimum Gasteiger partial charge on any atom is -0.452 e. The van der Waals surface area contributed by atoms with Gasteiger partial charge in [-0.25, -0.2) is 9.48 Å². The van der Waals surface area contributed by atoms with E-state index >= 15 is 0 Å². The summed E-state index contributed by atoms with van der Waals surface area (Å²) in [6.45, 7) is 1.01. The number of hydrogen-bond acceptors (Lipinski definition) is 9. The number of carbonyl (C=O) groups excluding carboxylic acids is 3. The van der Waals surface area contributed by atoms with Crippen LogP contribution in [0.25, 0.3) is 0 Å². The van der Waals surface area contributed by atoms with E-state index in [1.807, 2.05) is 0 Å². The highest BCUT2D eigenvalue weighted by Crippen LogP contribution is 2.16. The molecule has 0 radical (unpaired) electrons. The first-order valence-electron chi connectivity index (χ1n) is 8.01. The predicted octanol–water partition coefficient (Wildman–Crippen LogP) is 0.404. The van der Waals surface area contributed by atoms with Gasteiger partial charge in [-0.1, -0.05) is 17.3 Å². The number of aryl methyl sites for hydroxylation is 1. The zero-order chi connectivity index (χ0) is 19.9. The molecule has 2 heterocycles. The van der Waals surface area contributed by atoms with E-state index in [2.05, 4.69) is 31.3 Å². The number of aromatic nitrogens is 5. The maximum atomic E-state index is 12.3. The number of nitrogens with one attached hydrogen (secondary N) is 2. The summed E-state index contributed by atoms with van der Waals surface area (Å²) < 4.78 is 11.1. The van der Waals surface area contributed by atoms with Crippen molar-refractivity contribution in [2.75, 3.05) is 17.2 Å². The van der Waals surface area contributed by atoms with Crippen molar-refractivity contribution in [2.24, 2.45) is 0 Å². The number of amides is 2. The van der Waals surface area contributed by atoms with Crippen LogP contribution in [0.15, 0.2) is 41.2 Å². The van der Waals surface area contributed by atoms with E-state index < -0.39 is 24.4 Å². The lowest BCUT2D eigenvalue weighted by atomic mass is 10.2. The molecule has 144 valence electrons. The fourth-order valence-electron chi connectivity index (χ4n) is 2.17. The number of carbonyl (C=O) groups is 3. The van der Waals surface area contributed by atoms with E-state index in [0.717, 1.165) is 0 Å². The maximum Gasteiger partial charge on any atom is 0.340 e. The second-order valence-corrected chi connectivity index (χ2v) is 5.55. The average molecular weight is 385 g/mol. The predicted molar refractivity (Wildman–Crippen MR) is 93.0 cm³/mol. The monoisotopic (exact) mass is 385 g/mol. The number of para-hydroxylation sites is 1. The highest BCUT2D eigenvalue weighted by Gasteiger charge is 2.16. The molecule has 12 nitrogen and oxygen atoms in total. The number of anilines is 2. The van der Waals surface area contributed by atoms with Crippen LogP contribution in [0.4, 0.5) is 11.5 Å². The summed E-state index contributed by atoms with van der Waals surface area (Å²) in [6, 6.07) is 7.77. The molecule has 2 N–H and O–H groups in total. The lowest BCUT2D eigenvalue weighted by molar-refractivity contribution is -0.119. The van der Waals surface area contributed by atoms with Crippen LogP contribution < -0.4 is 10.6 Å². The van der Waals surface area contributed by atoms with Crippen molar-refractivity contribution in [3.05, 3.63) is 48.0 Å². The molecule has 0 aliphatic carbocycles. The molecular formula is C16H15N7O5. The molecule has 0 atom stereocenters. The van der Waals surface area contributed by atoms with Crippen molar-refractivity contribution in [1.29, 1.82) is 0 Å². The van der Waals surface area contributed by atoms with Gasteiger partial charge in [0.15, 0.2) is 12.4 Å². The summed E-state index contributed by atoms with van der Waals surface area (Å²) in [4.78, 5) is 36.2. The fourth-order valence-corrected chi connectivity index (χ4v) is 2.17. The molecule has 0 aliphatic heterocycles. The average Bonchev–Trinajstić information content (AvgIpc) is 3.32. The van der Waals surface area contributed by atoms with E-state index in [1.165, 1.54) is 29.2 Å². The van der Waals surface area contributed by atoms with Crippen molar-refractivity contribution in [3.63, 3.8) is 0 Å². The number of benzene rings is 1. The first-order valence-corrected chi connectivity index (χ1v) is 8.01. The molecule has 3 rings (SSSR count). The molecule has 1 aromatic carbocycles. The number of nitrogens with zero attached hydrogens (tertiary/aromatic N) is 5. The molecule has 2 aromatic heterocycles. The summed E-state index contributed by atoms with van der Waals surface area (Å²) in [5.41, 5.74) is 0.329. The van der Waals surface area contributed by atoms with Gasteiger partial charge in [-0.15, -0.1) is 5.10 Å². The van der Waals surface area contributed by atoms with Gasteiger partial charge < -0.3 is 19.9 Å². The zero-order valence-electron chi connectivity index (χ0n) is 14.7. The van der Waals surface area contributed by atoms with Gasteiger partial charge in [0.1, 0.15) is 18.6 Å². The van der Waals surface area contributed by atoms with E-state index in [0.29, 0.717) is 5.76 Å². The molecule has 0 spiro atoms. The molecule has 0 unspecified atom stereocenters. The van der Waals surface area contributed by atoms with Crippen LogP contribution in [0.5, 0.6) is 0 Å². The van der Waals surface area contributed by atoms with Crippen LogP contribution in [0.3, 0.4) is 0 Å².